The highest BCUT2D eigenvalue weighted by Gasteiger charge is 2.22. The number of aromatic nitrogens is 1. The van der Waals surface area contributed by atoms with Crippen molar-refractivity contribution in [1.82, 2.24) is 10.3 Å². The number of aliphatic carboxylic acids is 1. The third-order valence-electron chi connectivity index (χ3n) is 3.36. The number of rotatable bonds is 6. The Bertz CT molecular complexity index is 700. The smallest absolute Gasteiger partial charge is 0.326 e. The van der Waals surface area contributed by atoms with Gasteiger partial charge in [-0.2, -0.15) is 0 Å². The van der Waals surface area contributed by atoms with Crippen molar-refractivity contribution in [2.24, 2.45) is 0 Å². The van der Waals surface area contributed by atoms with Gasteiger partial charge in [0.05, 0.1) is 5.60 Å². The number of amides is 1. The van der Waals surface area contributed by atoms with Crippen LogP contribution < -0.4 is 5.32 Å². The van der Waals surface area contributed by atoms with E-state index in [0.717, 1.165) is 10.9 Å². The zero-order valence-corrected chi connectivity index (χ0v) is 13.6. The van der Waals surface area contributed by atoms with Gasteiger partial charge in [-0.05, 0) is 45.0 Å². The fourth-order valence-corrected chi connectivity index (χ4v) is 2.18. The molecule has 0 aliphatic rings. The highest BCUT2D eigenvalue weighted by Crippen LogP contribution is 2.14. The number of hydrogen-bond acceptors (Lipinski definition) is 3. The van der Waals surface area contributed by atoms with Gasteiger partial charge in [0.25, 0.3) is 5.91 Å². The Labute approximate surface area is 134 Å². The molecule has 6 heteroatoms. The lowest BCUT2D eigenvalue weighted by molar-refractivity contribution is -0.140. The fraction of sp³-hybridized carbons (Fsp3) is 0.412. The summed E-state index contributed by atoms with van der Waals surface area (Å²) < 4.78 is 5.53. The number of H-pyrrole nitrogens is 1. The predicted octanol–water partition coefficient (Wildman–Crippen LogP) is 2.56. The molecule has 0 fully saturated rings. The zero-order chi connectivity index (χ0) is 17.0. The first kappa shape index (κ1) is 17.0. The van der Waals surface area contributed by atoms with Gasteiger partial charge in [0.2, 0.25) is 0 Å². The number of aromatic amines is 1. The maximum absolute atomic E-state index is 12.3. The first-order chi connectivity index (χ1) is 10.8. The quantitative estimate of drug-likeness (QED) is 0.763. The van der Waals surface area contributed by atoms with Crippen LogP contribution in [0.4, 0.5) is 0 Å². The number of carboxylic acids is 1. The second-order valence-electron chi connectivity index (χ2n) is 6.39. The van der Waals surface area contributed by atoms with Gasteiger partial charge in [0.1, 0.15) is 6.04 Å². The number of carbonyl (C=O) groups is 2. The molecule has 1 amide bonds. The van der Waals surface area contributed by atoms with E-state index in [4.69, 9.17) is 4.74 Å². The summed E-state index contributed by atoms with van der Waals surface area (Å²) in [6, 6.07) is 6.07. The van der Waals surface area contributed by atoms with Crippen molar-refractivity contribution in [2.75, 3.05) is 6.61 Å². The number of ether oxygens (including phenoxy) is 1. The monoisotopic (exact) mass is 318 g/mol. The lowest BCUT2D eigenvalue weighted by Gasteiger charge is -2.21. The molecule has 0 radical (unpaired) electrons. The highest BCUT2D eigenvalue weighted by atomic mass is 16.5. The average Bonchev–Trinajstić information content (AvgIpc) is 2.91. The minimum absolute atomic E-state index is 0.213. The number of hydrogen-bond donors (Lipinski definition) is 3. The Morgan fingerprint density at radius 3 is 2.70 bits per heavy atom. The maximum Gasteiger partial charge on any atom is 0.326 e. The van der Waals surface area contributed by atoms with Crippen LogP contribution in [0.2, 0.25) is 0 Å². The summed E-state index contributed by atoms with van der Waals surface area (Å²) in [5.74, 6) is -1.48. The molecule has 1 aromatic carbocycles. The van der Waals surface area contributed by atoms with Crippen LogP contribution in [0.15, 0.2) is 30.5 Å². The van der Waals surface area contributed by atoms with Crippen LogP contribution in [0.3, 0.4) is 0 Å². The van der Waals surface area contributed by atoms with E-state index in [1.807, 2.05) is 26.8 Å². The predicted molar refractivity (Wildman–Crippen MR) is 87.5 cm³/mol. The van der Waals surface area contributed by atoms with Crippen molar-refractivity contribution in [2.45, 2.75) is 38.8 Å². The number of carboxylic acid groups (broad SMARTS) is 1. The van der Waals surface area contributed by atoms with Crippen molar-refractivity contribution in [3.05, 3.63) is 36.0 Å². The summed E-state index contributed by atoms with van der Waals surface area (Å²) in [6.45, 7) is 5.95. The van der Waals surface area contributed by atoms with Crippen LogP contribution in [-0.4, -0.2) is 40.2 Å². The van der Waals surface area contributed by atoms with Crippen molar-refractivity contribution in [3.8, 4) is 0 Å². The summed E-state index contributed by atoms with van der Waals surface area (Å²) in [4.78, 5) is 26.6. The van der Waals surface area contributed by atoms with Crippen molar-refractivity contribution in [1.29, 1.82) is 0 Å². The summed E-state index contributed by atoms with van der Waals surface area (Å²) in [7, 11) is 0. The maximum atomic E-state index is 12.3. The minimum Gasteiger partial charge on any atom is -0.480 e. The normalized spacial score (nSPS) is 13.0. The van der Waals surface area contributed by atoms with E-state index in [2.05, 4.69) is 10.3 Å². The molecule has 0 spiro atoms. The molecule has 1 atom stereocenters. The van der Waals surface area contributed by atoms with E-state index in [1.165, 1.54) is 0 Å². The second kappa shape index (κ2) is 6.83. The van der Waals surface area contributed by atoms with Gasteiger partial charge in [-0.25, -0.2) is 4.79 Å². The largest absolute Gasteiger partial charge is 0.480 e. The van der Waals surface area contributed by atoms with Crippen molar-refractivity contribution in [3.63, 3.8) is 0 Å². The second-order valence-corrected chi connectivity index (χ2v) is 6.39. The van der Waals surface area contributed by atoms with Gasteiger partial charge < -0.3 is 20.1 Å². The first-order valence-corrected chi connectivity index (χ1v) is 7.51. The fourth-order valence-electron chi connectivity index (χ4n) is 2.18. The number of carbonyl (C=O) groups excluding carboxylic acids is 1. The summed E-state index contributed by atoms with van der Waals surface area (Å²) >= 11 is 0. The standard InChI is InChI=1S/C17H22N2O4/c1-17(2,3)23-9-7-14(16(21)22)19-15(20)12-4-5-13-11(10-12)6-8-18-13/h4-6,8,10,14,18H,7,9H2,1-3H3,(H,19,20)(H,21,22). The Balaban J connectivity index is 2.00. The van der Waals surface area contributed by atoms with E-state index in [1.54, 1.807) is 24.4 Å². The molecule has 23 heavy (non-hydrogen) atoms. The van der Waals surface area contributed by atoms with Crippen molar-refractivity contribution >= 4 is 22.8 Å². The molecular formula is C17H22N2O4. The molecule has 124 valence electrons. The van der Waals surface area contributed by atoms with E-state index >= 15 is 0 Å². The van der Waals surface area contributed by atoms with Crippen LogP contribution >= 0.6 is 0 Å². The molecule has 2 rings (SSSR count). The Morgan fingerprint density at radius 1 is 1.30 bits per heavy atom. The van der Waals surface area contributed by atoms with E-state index < -0.39 is 17.9 Å². The van der Waals surface area contributed by atoms with Gasteiger partial charge in [-0.15, -0.1) is 0 Å². The molecule has 6 nitrogen and oxygen atoms in total. The summed E-state index contributed by atoms with van der Waals surface area (Å²) in [5.41, 5.74) is 1.02. The third-order valence-corrected chi connectivity index (χ3v) is 3.36. The lowest BCUT2D eigenvalue weighted by atomic mass is 10.1. The van der Waals surface area contributed by atoms with Crippen LogP contribution in [0.25, 0.3) is 10.9 Å². The number of benzene rings is 1. The van der Waals surface area contributed by atoms with Gasteiger partial charge in [0, 0.05) is 35.7 Å². The molecule has 3 N–H and O–H groups in total. The Hall–Kier alpha value is -2.34. The third kappa shape index (κ3) is 4.82. The molecule has 1 aromatic heterocycles. The van der Waals surface area contributed by atoms with E-state index in [0.29, 0.717) is 5.56 Å². The summed E-state index contributed by atoms with van der Waals surface area (Å²) in [6.07, 6.45) is 2.00. The van der Waals surface area contributed by atoms with Crippen LogP contribution in [0.1, 0.15) is 37.6 Å². The molecule has 0 bridgehead atoms. The first-order valence-electron chi connectivity index (χ1n) is 7.51. The molecule has 0 saturated heterocycles. The highest BCUT2D eigenvalue weighted by molar-refractivity contribution is 5.99. The van der Waals surface area contributed by atoms with Crippen molar-refractivity contribution < 1.29 is 19.4 Å². The summed E-state index contributed by atoms with van der Waals surface area (Å²) in [5, 5.41) is 12.7. The number of nitrogens with one attached hydrogen (secondary N) is 2. The molecule has 0 aliphatic heterocycles. The molecule has 1 unspecified atom stereocenters. The molecule has 0 saturated carbocycles. The van der Waals surface area contributed by atoms with Gasteiger partial charge >= 0.3 is 5.97 Å². The Morgan fingerprint density at radius 2 is 2.04 bits per heavy atom. The molecule has 1 heterocycles. The molecule has 0 aliphatic carbocycles. The SMILES string of the molecule is CC(C)(C)OCCC(NC(=O)c1ccc2[nH]ccc2c1)C(=O)O. The minimum atomic E-state index is -1.07. The molecular weight excluding hydrogens is 296 g/mol. The van der Waals surface area contributed by atoms with Gasteiger partial charge in [-0.1, -0.05) is 0 Å². The van der Waals surface area contributed by atoms with Gasteiger partial charge in [0.15, 0.2) is 0 Å². The van der Waals surface area contributed by atoms with Crippen LogP contribution in [0.5, 0.6) is 0 Å². The topological polar surface area (TPSA) is 91.4 Å². The molecule has 2 aromatic rings. The van der Waals surface area contributed by atoms with Gasteiger partial charge in [-0.3, -0.25) is 4.79 Å². The van der Waals surface area contributed by atoms with E-state index in [-0.39, 0.29) is 18.6 Å². The number of fused-ring (bicyclic) bond motifs is 1. The van der Waals surface area contributed by atoms with Crippen LogP contribution in [-0.2, 0) is 9.53 Å². The lowest BCUT2D eigenvalue weighted by Crippen LogP contribution is -2.42. The average molecular weight is 318 g/mol. The van der Waals surface area contributed by atoms with E-state index in [9.17, 15) is 14.7 Å². The zero-order valence-electron chi connectivity index (χ0n) is 13.6. The van der Waals surface area contributed by atoms with Crippen LogP contribution in [0, 0.1) is 0 Å². The Kier molecular flexibility index (Phi) is 5.05.